The number of hydrogen-bond donors (Lipinski definition) is 1. The van der Waals surface area contributed by atoms with E-state index in [0.29, 0.717) is 12.0 Å². The van der Waals surface area contributed by atoms with Crippen LogP contribution in [-0.2, 0) is 0 Å². The lowest BCUT2D eigenvalue weighted by Crippen LogP contribution is -2.16. The second-order valence-corrected chi connectivity index (χ2v) is 6.03. The zero-order valence-corrected chi connectivity index (χ0v) is 11.9. The summed E-state index contributed by atoms with van der Waals surface area (Å²) in [6.07, 6.45) is 6.64. The molecule has 1 aliphatic carbocycles. The molecule has 19 heavy (non-hydrogen) atoms. The highest BCUT2D eigenvalue weighted by atomic mass is 15.1. The van der Waals surface area contributed by atoms with Crippen molar-refractivity contribution in [2.75, 3.05) is 5.73 Å². The molecule has 0 aliphatic heterocycles. The molecular weight excluding hydrogens is 234 g/mol. The Morgan fingerprint density at radius 1 is 1.21 bits per heavy atom. The van der Waals surface area contributed by atoms with Crippen LogP contribution in [0.1, 0.15) is 63.7 Å². The van der Waals surface area contributed by atoms with Gasteiger partial charge < -0.3 is 10.3 Å². The number of nitrogens with zero attached hydrogens (tertiary/aromatic N) is 2. The van der Waals surface area contributed by atoms with E-state index in [1.807, 2.05) is 12.1 Å². The smallest absolute Gasteiger partial charge is 0.112 e. The van der Waals surface area contributed by atoms with Gasteiger partial charge in [0, 0.05) is 17.6 Å². The Kier molecular flexibility index (Phi) is 3.21. The van der Waals surface area contributed by atoms with Gasteiger partial charge in [0.25, 0.3) is 0 Å². The maximum atomic E-state index is 5.89. The number of benzene rings is 1. The first-order valence-corrected chi connectivity index (χ1v) is 7.44. The zero-order valence-electron chi connectivity index (χ0n) is 11.9. The maximum absolute atomic E-state index is 5.89. The van der Waals surface area contributed by atoms with Crippen LogP contribution >= 0.6 is 0 Å². The average molecular weight is 257 g/mol. The summed E-state index contributed by atoms with van der Waals surface area (Å²) >= 11 is 0. The number of imidazole rings is 1. The third-order valence-corrected chi connectivity index (χ3v) is 4.20. The summed E-state index contributed by atoms with van der Waals surface area (Å²) in [5.41, 5.74) is 9.00. The number of fused-ring (bicyclic) bond motifs is 1. The van der Waals surface area contributed by atoms with Crippen LogP contribution < -0.4 is 5.73 Å². The highest BCUT2D eigenvalue weighted by molar-refractivity contribution is 5.80. The molecule has 0 bridgehead atoms. The third kappa shape index (κ3) is 2.22. The predicted molar refractivity (Wildman–Crippen MR) is 80.4 cm³/mol. The highest BCUT2D eigenvalue weighted by Gasteiger charge is 2.22. The standard InChI is InChI=1S/C16H23N3/c1-11(2)16-18-14-10-12(17)8-9-15(14)19(16)13-6-4-3-5-7-13/h8-11,13H,3-7,17H2,1-2H3. The van der Waals surface area contributed by atoms with E-state index in [4.69, 9.17) is 10.7 Å². The van der Waals surface area contributed by atoms with Gasteiger partial charge in [-0.05, 0) is 31.0 Å². The second kappa shape index (κ2) is 4.87. The van der Waals surface area contributed by atoms with Crippen LogP contribution in [0, 0.1) is 0 Å². The van der Waals surface area contributed by atoms with Crippen LogP contribution in [-0.4, -0.2) is 9.55 Å². The van der Waals surface area contributed by atoms with Crippen molar-refractivity contribution in [1.29, 1.82) is 0 Å². The number of aromatic nitrogens is 2. The van der Waals surface area contributed by atoms with Gasteiger partial charge in [-0.1, -0.05) is 33.1 Å². The van der Waals surface area contributed by atoms with Crippen molar-refractivity contribution < 1.29 is 0 Å². The lowest BCUT2D eigenvalue weighted by Gasteiger charge is -2.26. The molecule has 0 saturated heterocycles. The van der Waals surface area contributed by atoms with Gasteiger partial charge in [-0.2, -0.15) is 0 Å². The SMILES string of the molecule is CC(C)c1nc2cc(N)ccc2n1C1CCCCC1. The number of nitrogen functional groups attached to an aromatic ring is 1. The molecule has 0 radical (unpaired) electrons. The molecule has 102 valence electrons. The van der Waals surface area contributed by atoms with Gasteiger partial charge in [0.15, 0.2) is 0 Å². The lowest BCUT2D eigenvalue weighted by atomic mass is 9.94. The first-order valence-electron chi connectivity index (χ1n) is 7.44. The van der Waals surface area contributed by atoms with Crippen LogP contribution in [0.3, 0.4) is 0 Å². The van der Waals surface area contributed by atoms with Crippen molar-refractivity contribution >= 4 is 16.7 Å². The molecule has 3 heteroatoms. The summed E-state index contributed by atoms with van der Waals surface area (Å²) < 4.78 is 2.48. The molecular formula is C16H23N3. The first-order chi connectivity index (χ1) is 9.16. The molecule has 1 saturated carbocycles. The normalized spacial score (nSPS) is 17.4. The molecule has 2 N–H and O–H groups in total. The Balaban J connectivity index is 2.15. The van der Waals surface area contributed by atoms with Crippen molar-refractivity contribution in [2.24, 2.45) is 0 Å². The van der Waals surface area contributed by atoms with Gasteiger partial charge in [0.2, 0.25) is 0 Å². The highest BCUT2D eigenvalue weighted by Crippen LogP contribution is 2.34. The van der Waals surface area contributed by atoms with Gasteiger partial charge in [-0.3, -0.25) is 0 Å². The summed E-state index contributed by atoms with van der Waals surface area (Å²) in [5.74, 6) is 1.67. The van der Waals surface area contributed by atoms with Gasteiger partial charge in [0.05, 0.1) is 11.0 Å². The minimum Gasteiger partial charge on any atom is -0.399 e. The molecule has 3 rings (SSSR count). The average Bonchev–Trinajstić information content (AvgIpc) is 2.78. The van der Waals surface area contributed by atoms with Crippen molar-refractivity contribution in [3.05, 3.63) is 24.0 Å². The zero-order chi connectivity index (χ0) is 13.4. The Labute approximate surface area is 114 Å². The number of rotatable bonds is 2. The molecule has 0 spiro atoms. The van der Waals surface area contributed by atoms with Crippen LogP contribution in [0.2, 0.25) is 0 Å². The summed E-state index contributed by atoms with van der Waals surface area (Å²) in [6, 6.07) is 6.76. The fraction of sp³-hybridized carbons (Fsp3) is 0.562. The molecule has 1 aromatic heterocycles. The van der Waals surface area contributed by atoms with E-state index >= 15 is 0 Å². The number of hydrogen-bond acceptors (Lipinski definition) is 2. The summed E-state index contributed by atoms with van der Waals surface area (Å²) in [7, 11) is 0. The molecule has 2 aromatic rings. The minimum atomic E-state index is 0.454. The Hall–Kier alpha value is -1.51. The van der Waals surface area contributed by atoms with Crippen molar-refractivity contribution in [3.63, 3.8) is 0 Å². The van der Waals surface area contributed by atoms with Crippen LogP contribution in [0.25, 0.3) is 11.0 Å². The molecule has 1 aromatic carbocycles. The van der Waals surface area contributed by atoms with Crippen LogP contribution in [0.5, 0.6) is 0 Å². The Morgan fingerprint density at radius 3 is 2.63 bits per heavy atom. The minimum absolute atomic E-state index is 0.454. The van der Waals surface area contributed by atoms with Crippen molar-refractivity contribution in [1.82, 2.24) is 9.55 Å². The molecule has 1 heterocycles. The molecule has 1 aliphatic rings. The van der Waals surface area contributed by atoms with Gasteiger partial charge in [-0.25, -0.2) is 4.98 Å². The summed E-state index contributed by atoms with van der Waals surface area (Å²) in [4.78, 5) is 4.83. The fourth-order valence-corrected chi connectivity index (χ4v) is 3.26. The first kappa shape index (κ1) is 12.5. The van der Waals surface area contributed by atoms with E-state index in [1.54, 1.807) is 0 Å². The Bertz CT molecular complexity index is 577. The molecule has 3 nitrogen and oxygen atoms in total. The van der Waals surface area contributed by atoms with E-state index in [1.165, 1.54) is 43.4 Å². The van der Waals surface area contributed by atoms with Crippen LogP contribution in [0.15, 0.2) is 18.2 Å². The van der Waals surface area contributed by atoms with E-state index in [0.717, 1.165) is 11.2 Å². The van der Waals surface area contributed by atoms with E-state index in [9.17, 15) is 0 Å². The Morgan fingerprint density at radius 2 is 1.95 bits per heavy atom. The monoisotopic (exact) mass is 257 g/mol. The van der Waals surface area contributed by atoms with E-state index in [2.05, 4.69) is 24.5 Å². The largest absolute Gasteiger partial charge is 0.399 e. The van der Waals surface area contributed by atoms with Gasteiger partial charge >= 0.3 is 0 Å². The third-order valence-electron chi connectivity index (χ3n) is 4.20. The van der Waals surface area contributed by atoms with Gasteiger partial charge in [0.1, 0.15) is 5.82 Å². The summed E-state index contributed by atoms with van der Waals surface area (Å²) in [6.45, 7) is 4.45. The van der Waals surface area contributed by atoms with Crippen LogP contribution in [0.4, 0.5) is 5.69 Å². The summed E-state index contributed by atoms with van der Waals surface area (Å²) in [5, 5.41) is 0. The lowest BCUT2D eigenvalue weighted by molar-refractivity contribution is 0.349. The fourth-order valence-electron chi connectivity index (χ4n) is 3.26. The number of anilines is 1. The predicted octanol–water partition coefficient (Wildman–Crippen LogP) is 4.25. The molecule has 0 amide bonds. The molecule has 1 fully saturated rings. The molecule has 0 atom stereocenters. The maximum Gasteiger partial charge on any atom is 0.112 e. The topological polar surface area (TPSA) is 43.8 Å². The van der Waals surface area contributed by atoms with E-state index in [-0.39, 0.29) is 0 Å². The van der Waals surface area contributed by atoms with Crippen molar-refractivity contribution in [2.45, 2.75) is 57.9 Å². The molecule has 0 unspecified atom stereocenters. The number of nitrogens with two attached hydrogens (primary N) is 1. The van der Waals surface area contributed by atoms with E-state index < -0.39 is 0 Å². The van der Waals surface area contributed by atoms with Gasteiger partial charge in [-0.15, -0.1) is 0 Å². The van der Waals surface area contributed by atoms with Crippen molar-refractivity contribution in [3.8, 4) is 0 Å². The quantitative estimate of drug-likeness (QED) is 0.817. The second-order valence-electron chi connectivity index (χ2n) is 6.03.